The molecular weight excluding hydrogens is 293 g/mol. The minimum atomic E-state index is -0.945. The van der Waals surface area contributed by atoms with Gasteiger partial charge >= 0.3 is 6.09 Å². The normalized spacial score (nSPS) is 15.4. The second-order valence-corrected chi connectivity index (χ2v) is 4.78. The summed E-state index contributed by atoms with van der Waals surface area (Å²) in [5.74, 6) is 0.302. The third-order valence-corrected chi connectivity index (χ3v) is 3.50. The van der Waals surface area contributed by atoms with E-state index in [0.29, 0.717) is 16.4 Å². The fraction of sp³-hybridized carbons (Fsp3) is 0.700. The van der Waals surface area contributed by atoms with Crippen LogP contribution in [0.25, 0.3) is 0 Å². The lowest BCUT2D eigenvalue weighted by Gasteiger charge is -2.18. The number of hydrogen-bond acceptors (Lipinski definition) is 1. The van der Waals surface area contributed by atoms with Crippen LogP contribution in [-0.4, -0.2) is 21.7 Å². The molecule has 2 atom stereocenters. The van der Waals surface area contributed by atoms with Crippen molar-refractivity contribution in [3.63, 3.8) is 0 Å². The van der Waals surface area contributed by atoms with E-state index in [4.69, 9.17) is 5.11 Å². The number of hydrogen-bond donors (Lipinski definition) is 2. The summed E-state index contributed by atoms with van der Waals surface area (Å²) in [6.45, 7) is 4.61. The fourth-order valence-electron chi connectivity index (χ4n) is 1.26. The summed E-state index contributed by atoms with van der Waals surface area (Å²) in [6.07, 6.45) is 5.36. The van der Waals surface area contributed by atoms with Gasteiger partial charge in [-0.15, -0.1) is 0 Å². The van der Waals surface area contributed by atoms with Gasteiger partial charge in [-0.1, -0.05) is 48.1 Å². The van der Waals surface area contributed by atoms with E-state index in [1.165, 1.54) is 0 Å². The van der Waals surface area contributed by atoms with Crippen LogP contribution in [0.5, 0.6) is 0 Å². The largest absolute Gasteiger partial charge is 0.465 e. The van der Waals surface area contributed by atoms with Crippen molar-refractivity contribution in [2.75, 3.05) is 6.54 Å². The quantitative estimate of drug-likeness (QED) is 0.450. The molecule has 2 unspecified atom stereocenters. The molecule has 0 aromatic carbocycles. The Bertz CT molecular complexity index is 195. The van der Waals surface area contributed by atoms with Gasteiger partial charge < -0.3 is 10.4 Å². The van der Waals surface area contributed by atoms with Crippen LogP contribution >= 0.6 is 22.6 Å². The molecule has 0 radical (unpaired) electrons. The predicted octanol–water partition coefficient (Wildman–Crippen LogP) is 3.05. The average molecular weight is 311 g/mol. The number of carbonyl (C=O) groups is 1. The van der Waals surface area contributed by atoms with Crippen LogP contribution in [0, 0.1) is 5.92 Å². The molecule has 0 aromatic heterocycles. The first-order valence-corrected chi connectivity index (χ1v) is 6.10. The van der Waals surface area contributed by atoms with Gasteiger partial charge in [-0.05, 0) is 13.3 Å². The molecule has 0 saturated heterocycles. The zero-order chi connectivity index (χ0) is 11.0. The van der Waals surface area contributed by atoms with Crippen molar-refractivity contribution in [2.24, 2.45) is 5.92 Å². The summed E-state index contributed by atoms with van der Waals surface area (Å²) in [5, 5.41) is 10.9. The molecular formula is C10H18INO2. The molecule has 0 bridgehead atoms. The van der Waals surface area contributed by atoms with Gasteiger partial charge in [0, 0.05) is 16.4 Å². The second kappa shape index (κ2) is 8.08. The molecule has 0 aliphatic rings. The summed E-state index contributed by atoms with van der Waals surface area (Å²) in [7, 11) is 0. The third-order valence-electron chi connectivity index (χ3n) is 1.96. The lowest BCUT2D eigenvalue weighted by Crippen LogP contribution is -2.30. The molecule has 0 aliphatic carbocycles. The Morgan fingerprint density at radius 2 is 2.29 bits per heavy atom. The van der Waals surface area contributed by atoms with Crippen LogP contribution in [0.4, 0.5) is 4.79 Å². The van der Waals surface area contributed by atoms with Crippen LogP contribution in [0.3, 0.4) is 0 Å². The number of allylic oxidation sites excluding steroid dienone is 1. The maximum atomic E-state index is 10.4. The van der Waals surface area contributed by atoms with Crippen LogP contribution < -0.4 is 5.32 Å². The third kappa shape index (κ3) is 6.23. The molecule has 0 saturated carbocycles. The Balaban J connectivity index is 4.06. The maximum absolute atomic E-state index is 10.4. The molecule has 0 rings (SSSR count). The average Bonchev–Trinajstić information content (AvgIpc) is 2.12. The number of alkyl halides is 1. The highest BCUT2D eigenvalue weighted by Crippen LogP contribution is 2.19. The molecule has 0 heterocycles. The topological polar surface area (TPSA) is 49.3 Å². The van der Waals surface area contributed by atoms with Gasteiger partial charge in [0.25, 0.3) is 0 Å². The molecule has 14 heavy (non-hydrogen) atoms. The first-order valence-electron chi connectivity index (χ1n) is 4.85. The second-order valence-electron chi connectivity index (χ2n) is 3.18. The molecule has 4 heteroatoms. The van der Waals surface area contributed by atoms with E-state index in [1.54, 1.807) is 0 Å². The SMILES string of the molecule is CC=CC(CNC(=O)O)C(I)CCC. The minimum absolute atomic E-state index is 0.302. The van der Waals surface area contributed by atoms with E-state index in [0.717, 1.165) is 12.8 Å². The number of rotatable bonds is 6. The van der Waals surface area contributed by atoms with Crippen molar-refractivity contribution in [1.82, 2.24) is 5.32 Å². The standard InChI is InChI=1S/C10H18INO2/c1-3-5-8(7-12-10(13)14)9(11)6-4-2/h3,5,8-9,12H,4,6-7H2,1-2H3,(H,13,14). The van der Waals surface area contributed by atoms with E-state index in [-0.39, 0.29) is 0 Å². The van der Waals surface area contributed by atoms with Gasteiger partial charge in [-0.2, -0.15) is 0 Å². The van der Waals surface area contributed by atoms with E-state index in [1.807, 2.05) is 13.0 Å². The zero-order valence-electron chi connectivity index (χ0n) is 8.66. The Morgan fingerprint density at radius 1 is 1.64 bits per heavy atom. The summed E-state index contributed by atoms with van der Waals surface area (Å²) in [6, 6.07) is 0. The lowest BCUT2D eigenvalue weighted by molar-refractivity contribution is 0.193. The van der Waals surface area contributed by atoms with Crippen LogP contribution in [0.2, 0.25) is 0 Å². The first kappa shape index (κ1) is 13.7. The molecule has 0 spiro atoms. The van der Waals surface area contributed by atoms with Gasteiger partial charge in [0.2, 0.25) is 0 Å². The molecule has 2 N–H and O–H groups in total. The number of halogens is 1. The molecule has 0 fully saturated rings. The zero-order valence-corrected chi connectivity index (χ0v) is 10.8. The van der Waals surface area contributed by atoms with E-state index in [2.05, 4.69) is 40.9 Å². The van der Waals surface area contributed by atoms with Gasteiger partial charge in [-0.25, -0.2) is 4.79 Å². The Hall–Kier alpha value is -0.260. The molecule has 82 valence electrons. The Labute approximate surface area is 99.1 Å². The van der Waals surface area contributed by atoms with E-state index >= 15 is 0 Å². The van der Waals surface area contributed by atoms with Gasteiger partial charge in [0.1, 0.15) is 0 Å². The smallest absolute Gasteiger partial charge is 0.404 e. The maximum Gasteiger partial charge on any atom is 0.404 e. The molecule has 1 amide bonds. The number of nitrogens with one attached hydrogen (secondary N) is 1. The monoisotopic (exact) mass is 311 g/mol. The lowest BCUT2D eigenvalue weighted by atomic mass is 10.0. The highest BCUT2D eigenvalue weighted by Gasteiger charge is 2.15. The summed E-state index contributed by atoms with van der Waals surface area (Å²) < 4.78 is 0.501. The van der Waals surface area contributed by atoms with E-state index in [9.17, 15) is 4.79 Å². The summed E-state index contributed by atoms with van der Waals surface area (Å²) in [4.78, 5) is 10.4. The van der Waals surface area contributed by atoms with E-state index < -0.39 is 6.09 Å². The van der Waals surface area contributed by atoms with Gasteiger partial charge in [-0.3, -0.25) is 0 Å². The van der Waals surface area contributed by atoms with Crippen molar-refractivity contribution in [2.45, 2.75) is 30.6 Å². The van der Waals surface area contributed by atoms with Gasteiger partial charge in [0.05, 0.1) is 0 Å². The van der Waals surface area contributed by atoms with Crippen LogP contribution in [-0.2, 0) is 0 Å². The molecule has 0 aromatic rings. The van der Waals surface area contributed by atoms with Crippen LogP contribution in [0.15, 0.2) is 12.2 Å². The highest BCUT2D eigenvalue weighted by atomic mass is 127. The highest BCUT2D eigenvalue weighted by molar-refractivity contribution is 14.1. The first-order chi connectivity index (χ1) is 6.61. The summed E-state index contributed by atoms with van der Waals surface area (Å²) in [5.41, 5.74) is 0. The Kier molecular flexibility index (Phi) is 7.93. The van der Waals surface area contributed by atoms with Gasteiger partial charge in [0.15, 0.2) is 0 Å². The van der Waals surface area contributed by atoms with Crippen molar-refractivity contribution >= 4 is 28.7 Å². The predicted molar refractivity (Wildman–Crippen MR) is 67.0 cm³/mol. The minimum Gasteiger partial charge on any atom is -0.465 e. The van der Waals surface area contributed by atoms with Crippen molar-refractivity contribution in [1.29, 1.82) is 0 Å². The molecule has 0 aliphatic heterocycles. The summed E-state index contributed by atoms with van der Waals surface area (Å²) >= 11 is 2.39. The van der Waals surface area contributed by atoms with Crippen molar-refractivity contribution < 1.29 is 9.90 Å². The van der Waals surface area contributed by atoms with Crippen molar-refractivity contribution in [3.8, 4) is 0 Å². The fourth-order valence-corrected chi connectivity index (χ4v) is 2.38. The molecule has 3 nitrogen and oxygen atoms in total. The van der Waals surface area contributed by atoms with Crippen molar-refractivity contribution in [3.05, 3.63) is 12.2 Å². The number of amides is 1. The number of carboxylic acid groups (broad SMARTS) is 1. The van der Waals surface area contributed by atoms with Crippen LogP contribution in [0.1, 0.15) is 26.7 Å². The Morgan fingerprint density at radius 3 is 2.71 bits per heavy atom.